The van der Waals surface area contributed by atoms with E-state index in [-0.39, 0.29) is 42.7 Å². The summed E-state index contributed by atoms with van der Waals surface area (Å²) in [6.45, 7) is -0.0654. The van der Waals surface area contributed by atoms with Crippen molar-refractivity contribution in [2.75, 3.05) is 0 Å². The molecule has 5 amide bonds. The van der Waals surface area contributed by atoms with Crippen molar-refractivity contribution in [2.24, 2.45) is 23.5 Å². The van der Waals surface area contributed by atoms with Crippen LogP contribution in [0.15, 0.2) is 18.2 Å². The Morgan fingerprint density at radius 2 is 1.94 bits per heavy atom. The van der Waals surface area contributed by atoms with Gasteiger partial charge in [-0.2, -0.15) is 0 Å². The number of nitrogens with one attached hydrogen (secondary N) is 2. The van der Waals surface area contributed by atoms with Gasteiger partial charge in [-0.3, -0.25) is 39.0 Å². The summed E-state index contributed by atoms with van der Waals surface area (Å²) in [5, 5.41) is 14.9. The van der Waals surface area contributed by atoms with Crippen LogP contribution >= 0.6 is 0 Å². The summed E-state index contributed by atoms with van der Waals surface area (Å²) in [6, 6.07) is 2.79. The summed E-state index contributed by atoms with van der Waals surface area (Å²) in [7, 11) is 0. The maximum Gasteiger partial charge on any atom is 0.262 e. The van der Waals surface area contributed by atoms with Crippen LogP contribution in [0.25, 0.3) is 0 Å². The number of rotatable bonds is 4. The molecule has 11 nitrogen and oxygen atoms in total. The van der Waals surface area contributed by atoms with Crippen molar-refractivity contribution in [3.05, 3.63) is 34.9 Å². The number of carbonyl (C=O) groups is 6. The van der Waals surface area contributed by atoms with E-state index < -0.39 is 65.5 Å². The maximum absolute atomic E-state index is 13.1. The Kier molecular flexibility index (Phi) is 4.91. The molecule has 11 heteroatoms. The molecule has 2 aliphatic carbocycles. The summed E-state index contributed by atoms with van der Waals surface area (Å²) < 4.78 is 0. The minimum Gasteiger partial charge on any atom is -0.391 e. The lowest BCUT2D eigenvalue weighted by molar-refractivity contribution is -0.136. The van der Waals surface area contributed by atoms with Gasteiger partial charge in [0.15, 0.2) is 0 Å². The van der Waals surface area contributed by atoms with Crippen molar-refractivity contribution in [3.63, 3.8) is 0 Å². The molecule has 0 aromatic heterocycles. The van der Waals surface area contributed by atoms with E-state index in [1.165, 1.54) is 6.07 Å². The molecule has 2 aliphatic heterocycles. The van der Waals surface area contributed by atoms with E-state index in [1.807, 2.05) is 0 Å². The Labute approximate surface area is 187 Å². The van der Waals surface area contributed by atoms with E-state index in [0.29, 0.717) is 5.56 Å². The average molecular weight is 454 g/mol. The van der Waals surface area contributed by atoms with Crippen LogP contribution in [0.1, 0.15) is 45.5 Å². The van der Waals surface area contributed by atoms with Gasteiger partial charge in [-0.15, -0.1) is 0 Å². The van der Waals surface area contributed by atoms with Gasteiger partial charge in [0.25, 0.3) is 11.8 Å². The standard InChI is InChI=1S/C22H22N4O7/c23-16-15-10(6-11(17(15)28)18(16)29)19(30)24-7-8-2-1-3-9-14(8)22(33)26(21(9)32)12-4-5-13(27)25-20(12)31/h1-3,10-12,15-16,18,29H,4-7,23H2,(H,24,30)(H,25,27,31)/t10-,11?,12?,15?,16-,18?/m0/s1. The minimum atomic E-state index is -1.08. The molecule has 6 atom stereocenters. The largest absolute Gasteiger partial charge is 0.391 e. The third-order valence-corrected chi connectivity index (χ3v) is 7.20. The number of aliphatic hydroxyl groups is 1. The Hall–Kier alpha value is -3.44. The van der Waals surface area contributed by atoms with Crippen molar-refractivity contribution in [2.45, 2.75) is 44.0 Å². The Morgan fingerprint density at radius 3 is 2.61 bits per heavy atom. The minimum absolute atomic E-state index is 0.0197. The first-order chi connectivity index (χ1) is 15.7. The highest BCUT2D eigenvalue weighted by Crippen LogP contribution is 2.45. The number of ketones is 1. The number of nitrogens with zero attached hydrogens (tertiary/aromatic N) is 1. The molecule has 0 spiro atoms. The molecule has 1 aromatic rings. The van der Waals surface area contributed by atoms with Gasteiger partial charge in [-0.1, -0.05) is 12.1 Å². The molecule has 0 radical (unpaired) electrons. The highest BCUT2D eigenvalue weighted by Gasteiger charge is 2.59. The Bertz CT molecular complexity index is 1130. The number of hydrogen-bond acceptors (Lipinski definition) is 8. The second-order valence-corrected chi connectivity index (χ2v) is 8.95. The number of nitrogens with two attached hydrogens (primary N) is 1. The second-order valence-electron chi connectivity index (χ2n) is 8.95. The quantitative estimate of drug-likeness (QED) is 0.386. The highest BCUT2D eigenvalue weighted by molar-refractivity contribution is 6.24. The van der Waals surface area contributed by atoms with E-state index in [0.717, 1.165) is 4.90 Å². The number of Topliss-reactive ketones (excluding diaryl/α,β-unsaturated/α-hetero) is 1. The van der Waals surface area contributed by atoms with Crippen LogP contribution in [0.4, 0.5) is 0 Å². The van der Waals surface area contributed by atoms with E-state index in [9.17, 15) is 33.9 Å². The first kappa shape index (κ1) is 21.4. The van der Waals surface area contributed by atoms with Gasteiger partial charge in [0.2, 0.25) is 17.7 Å². The summed E-state index contributed by atoms with van der Waals surface area (Å²) in [6.07, 6.45) is -0.651. The van der Waals surface area contributed by atoms with Gasteiger partial charge in [-0.25, -0.2) is 0 Å². The Balaban J connectivity index is 1.33. The van der Waals surface area contributed by atoms with Gasteiger partial charge in [0.1, 0.15) is 11.8 Å². The van der Waals surface area contributed by atoms with Crippen molar-refractivity contribution in [3.8, 4) is 0 Å². The molecule has 2 saturated carbocycles. The number of imide groups is 2. The highest BCUT2D eigenvalue weighted by atomic mass is 16.3. The summed E-state index contributed by atoms with van der Waals surface area (Å²) in [5.41, 5.74) is 6.53. The predicted molar refractivity (Wildman–Crippen MR) is 109 cm³/mol. The molecule has 2 heterocycles. The Morgan fingerprint density at radius 1 is 1.18 bits per heavy atom. The molecule has 1 aromatic carbocycles. The summed E-state index contributed by atoms with van der Waals surface area (Å²) >= 11 is 0. The molecule has 2 bridgehead atoms. The van der Waals surface area contributed by atoms with Crippen molar-refractivity contribution < 1.29 is 33.9 Å². The van der Waals surface area contributed by atoms with Crippen LogP contribution in [0.2, 0.25) is 0 Å². The topological polar surface area (TPSA) is 176 Å². The van der Waals surface area contributed by atoms with Crippen molar-refractivity contribution in [1.29, 1.82) is 0 Å². The molecule has 33 heavy (non-hydrogen) atoms. The number of piperidine rings is 1. The SMILES string of the molecule is N[C@@H]1C(O)C2C[C@H](C(=O)NCc3cccc4c3C(=O)N(C3CCC(=O)NC3=O)C4=O)C1C2=O. The lowest BCUT2D eigenvalue weighted by atomic mass is 9.83. The molecule has 5 N–H and O–H groups in total. The molecule has 5 rings (SSSR count). The third-order valence-electron chi connectivity index (χ3n) is 7.20. The number of fused-ring (bicyclic) bond motifs is 3. The number of aliphatic hydroxyl groups excluding tert-OH is 1. The number of carbonyl (C=O) groups excluding carboxylic acids is 6. The van der Waals surface area contributed by atoms with Gasteiger partial charge in [0, 0.05) is 30.8 Å². The molecular weight excluding hydrogens is 432 g/mol. The molecule has 4 aliphatic rings. The molecule has 4 unspecified atom stereocenters. The first-order valence-electron chi connectivity index (χ1n) is 10.8. The zero-order valence-electron chi connectivity index (χ0n) is 17.4. The fourth-order valence-corrected chi connectivity index (χ4v) is 5.54. The van der Waals surface area contributed by atoms with Crippen LogP contribution in [0.5, 0.6) is 0 Å². The summed E-state index contributed by atoms with van der Waals surface area (Å²) in [4.78, 5) is 75.6. The van der Waals surface area contributed by atoms with Gasteiger partial charge < -0.3 is 16.2 Å². The lowest BCUT2D eigenvalue weighted by Gasteiger charge is -2.28. The van der Waals surface area contributed by atoms with E-state index in [4.69, 9.17) is 5.73 Å². The molecular formula is C22H22N4O7. The summed E-state index contributed by atoms with van der Waals surface area (Å²) in [5.74, 6) is -5.08. The van der Waals surface area contributed by atoms with Crippen LogP contribution in [-0.4, -0.2) is 63.5 Å². The average Bonchev–Trinajstić information content (AvgIpc) is 3.32. The normalized spacial score (nSPS) is 32.9. The zero-order chi connectivity index (χ0) is 23.6. The van der Waals surface area contributed by atoms with E-state index in [1.54, 1.807) is 12.1 Å². The first-order valence-corrected chi connectivity index (χ1v) is 10.8. The predicted octanol–water partition coefficient (Wildman–Crippen LogP) is -1.77. The second kappa shape index (κ2) is 7.56. The van der Waals surface area contributed by atoms with Gasteiger partial charge in [0.05, 0.1) is 23.1 Å². The zero-order valence-corrected chi connectivity index (χ0v) is 17.4. The van der Waals surface area contributed by atoms with Crippen molar-refractivity contribution >= 4 is 35.3 Å². The third kappa shape index (κ3) is 3.10. The number of benzene rings is 1. The lowest BCUT2D eigenvalue weighted by Crippen LogP contribution is -2.54. The molecule has 3 fully saturated rings. The maximum atomic E-state index is 13.1. The van der Waals surface area contributed by atoms with Gasteiger partial charge >= 0.3 is 0 Å². The van der Waals surface area contributed by atoms with E-state index in [2.05, 4.69) is 10.6 Å². The molecule has 172 valence electrons. The van der Waals surface area contributed by atoms with Crippen LogP contribution in [-0.2, 0) is 25.7 Å². The van der Waals surface area contributed by atoms with Crippen LogP contribution in [0, 0.1) is 17.8 Å². The van der Waals surface area contributed by atoms with E-state index >= 15 is 0 Å². The monoisotopic (exact) mass is 454 g/mol. The van der Waals surface area contributed by atoms with Crippen molar-refractivity contribution in [1.82, 2.24) is 15.5 Å². The van der Waals surface area contributed by atoms with Gasteiger partial charge in [-0.05, 0) is 24.5 Å². The number of hydrogen-bond donors (Lipinski definition) is 4. The smallest absolute Gasteiger partial charge is 0.262 e. The number of amides is 5. The van der Waals surface area contributed by atoms with Crippen LogP contribution in [0.3, 0.4) is 0 Å². The van der Waals surface area contributed by atoms with Crippen LogP contribution < -0.4 is 16.4 Å². The fraction of sp³-hybridized carbons (Fsp3) is 0.455. The molecule has 1 saturated heterocycles. The fourth-order valence-electron chi connectivity index (χ4n) is 5.54.